The first-order chi connectivity index (χ1) is 10.7. The fraction of sp³-hybridized carbons (Fsp3) is 0.125. The van der Waals surface area contributed by atoms with Gasteiger partial charge in [-0.2, -0.15) is 4.98 Å². The predicted octanol–water partition coefficient (Wildman–Crippen LogP) is 3.30. The van der Waals surface area contributed by atoms with Gasteiger partial charge in [0, 0.05) is 6.54 Å². The molecule has 22 heavy (non-hydrogen) atoms. The zero-order chi connectivity index (χ0) is 15.4. The molecular formula is C16H13F2N3O. The van der Waals surface area contributed by atoms with Gasteiger partial charge in [-0.3, -0.25) is 0 Å². The fourth-order valence-corrected chi connectivity index (χ4v) is 1.99. The van der Waals surface area contributed by atoms with Gasteiger partial charge in [0.05, 0.1) is 12.1 Å². The van der Waals surface area contributed by atoms with Crippen molar-refractivity contribution in [2.75, 3.05) is 0 Å². The molecule has 0 aliphatic rings. The van der Waals surface area contributed by atoms with Gasteiger partial charge in [0.2, 0.25) is 0 Å². The SMILES string of the molecule is Fc1ccc(CNCc2noc(-c3ccccc3F)n2)cc1. The Labute approximate surface area is 125 Å². The lowest BCUT2D eigenvalue weighted by Gasteiger charge is -2.01. The van der Waals surface area contributed by atoms with Crippen LogP contribution in [0.5, 0.6) is 0 Å². The molecule has 0 saturated carbocycles. The van der Waals surface area contributed by atoms with Crippen LogP contribution in [-0.2, 0) is 13.1 Å². The Morgan fingerprint density at radius 1 is 0.955 bits per heavy atom. The molecule has 1 aromatic heterocycles. The number of nitrogens with zero attached hydrogens (tertiary/aromatic N) is 2. The van der Waals surface area contributed by atoms with Crippen LogP contribution in [0.4, 0.5) is 8.78 Å². The van der Waals surface area contributed by atoms with Crippen LogP contribution in [0.2, 0.25) is 0 Å². The van der Waals surface area contributed by atoms with E-state index >= 15 is 0 Å². The summed E-state index contributed by atoms with van der Waals surface area (Å²) in [5, 5.41) is 6.92. The quantitative estimate of drug-likeness (QED) is 0.785. The Kier molecular flexibility index (Phi) is 4.20. The van der Waals surface area contributed by atoms with Crippen LogP contribution in [0.3, 0.4) is 0 Å². The predicted molar refractivity (Wildman–Crippen MR) is 76.6 cm³/mol. The van der Waals surface area contributed by atoms with E-state index in [1.807, 2.05) is 0 Å². The number of rotatable bonds is 5. The van der Waals surface area contributed by atoms with Gasteiger partial charge >= 0.3 is 0 Å². The summed E-state index contributed by atoms with van der Waals surface area (Å²) in [4.78, 5) is 4.15. The Bertz CT molecular complexity index is 756. The second-order valence-corrected chi connectivity index (χ2v) is 4.73. The monoisotopic (exact) mass is 301 g/mol. The highest BCUT2D eigenvalue weighted by Gasteiger charge is 2.12. The molecule has 1 N–H and O–H groups in total. The zero-order valence-corrected chi connectivity index (χ0v) is 11.6. The summed E-state index contributed by atoms with van der Waals surface area (Å²) in [6.45, 7) is 0.916. The van der Waals surface area contributed by atoms with Crippen LogP contribution in [0.25, 0.3) is 11.5 Å². The average Bonchev–Trinajstić information content (AvgIpc) is 2.98. The highest BCUT2D eigenvalue weighted by molar-refractivity contribution is 5.53. The van der Waals surface area contributed by atoms with Gasteiger partial charge in [-0.1, -0.05) is 29.4 Å². The van der Waals surface area contributed by atoms with Gasteiger partial charge in [0.1, 0.15) is 11.6 Å². The topological polar surface area (TPSA) is 51.0 Å². The van der Waals surface area contributed by atoms with Crippen molar-refractivity contribution in [1.29, 1.82) is 0 Å². The smallest absolute Gasteiger partial charge is 0.260 e. The molecular weight excluding hydrogens is 288 g/mol. The molecule has 0 spiro atoms. The van der Waals surface area contributed by atoms with Crippen molar-refractivity contribution in [3.8, 4) is 11.5 Å². The second kappa shape index (κ2) is 6.44. The lowest BCUT2D eigenvalue weighted by Crippen LogP contribution is -2.13. The third kappa shape index (κ3) is 3.35. The van der Waals surface area contributed by atoms with Crippen LogP contribution >= 0.6 is 0 Å². The molecule has 2 aromatic carbocycles. The van der Waals surface area contributed by atoms with E-state index in [9.17, 15) is 8.78 Å². The van der Waals surface area contributed by atoms with E-state index in [0.29, 0.717) is 18.9 Å². The molecule has 112 valence electrons. The minimum atomic E-state index is -0.406. The third-order valence-electron chi connectivity index (χ3n) is 3.10. The third-order valence-corrected chi connectivity index (χ3v) is 3.10. The zero-order valence-electron chi connectivity index (χ0n) is 11.6. The van der Waals surface area contributed by atoms with E-state index in [2.05, 4.69) is 15.5 Å². The molecule has 0 aliphatic carbocycles. The van der Waals surface area contributed by atoms with E-state index in [0.717, 1.165) is 5.56 Å². The summed E-state index contributed by atoms with van der Waals surface area (Å²) in [5.41, 5.74) is 1.22. The molecule has 0 saturated heterocycles. The van der Waals surface area contributed by atoms with E-state index < -0.39 is 5.82 Å². The van der Waals surface area contributed by atoms with E-state index in [4.69, 9.17) is 4.52 Å². The molecule has 0 unspecified atom stereocenters. The Morgan fingerprint density at radius 2 is 1.73 bits per heavy atom. The molecule has 3 rings (SSSR count). The number of nitrogens with one attached hydrogen (secondary N) is 1. The van der Waals surface area contributed by atoms with Crippen LogP contribution in [0, 0.1) is 11.6 Å². The van der Waals surface area contributed by atoms with Gasteiger partial charge in [-0.25, -0.2) is 8.78 Å². The number of hydrogen-bond acceptors (Lipinski definition) is 4. The molecule has 4 nitrogen and oxygen atoms in total. The summed E-state index contributed by atoms with van der Waals surface area (Å²) in [5.74, 6) is -0.0922. The summed E-state index contributed by atoms with van der Waals surface area (Å²) < 4.78 is 31.5. The van der Waals surface area contributed by atoms with Crippen molar-refractivity contribution in [1.82, 2.24) is 15.5 Å². The normalized spacial score (nSPS) is 10.8. The average molecular weight is 301 g/mol. The van der Waals surface area contributed by atoms with Gasteiger partial charge in [-0.15, -0.1) is 0 Å². The molecule has 0 amide bonds. The molecule has 0 radical (unpaired) electrons. The molecule has 0 fully saturated rings. The molecule has 3 aromatic rings. The molecule has 1 heterocycles. The standard InChI is InChI=1S/C16H13F2N3O/c17-12-7-5-11(6-8-12)9-19-10-15-20-16(22-21-15)13-3-1-2-4-14(13)18/h1-8,19H,9-10H2. The molecule has 6 heteroatoms. The lowest BCUT2D eigenvalue weighted by atomic mass is 10.2. The second-order valence-electron chi connectivity index (χ2n) is 4.73. The van der Waals surface area contributed by atoms with Gasteiger partial charge in [0.25, 0.3) is 5.89 Å². The van der Waals surface area contributed by atoms with Crippen LogP contribution < -0.4 is 5.32 Å². The number of benzene rings is 2. The minimum absolute atomic E-state index is 0.150. The summed E-state index contributed by atoms with van der Waals surface area (Å²) in [6, 6.07) is 12.4. The molecule has 0 aliphatic heterocycles. The van der Waals surface area contributed by atoms with Gasteiger partial charge in [0.15, 0.2) is 5.82 Å². The Morgan fingerprint density at radius 3 is 2.50 bits per heavy atom. The van der Waals surface area contributed by atoms with Crippen molar-refractivity contribution in [3.63, 3.8) is 0 Å². The molecule has 0 atom stereocenters. The summed E-state index contributed by atoms with van der Waals surface area (Å²) in [7, 11) is 0. The Balaban J connectivity index is 1.60. The van der Waals surface area contributed by atoms with Crippen molar-refractivity contribution in [2.24, 2.45) is 0 Å². The molecule has 0 bridgehead atoms. The maximum atomic E-state index is 13.6. The van der Waals surface area contributed by atoms with Crippen LogP contribution in [0.1, 0.15) is 11.4 Å². The first kappa shape index (κ1) is 14.3. The number of hydrogen-bond donors (Lipinski definition) is 1. The van der Waals surface area contributed by atoms with Crippen LogP contribution in [0.15, 0.2) is 53.1 Å². The fourth-order valence-electron chi connectivity index (χ4n) is 1.99. The van der Waals surface area contributed by atoms with Crippen molar-refractivity contribution in [3.05, 3.63) is 71.6 Å². The van der Waals surface area contributed by atoms with Crippen molar-refractivity contribution in [2.45, 2.75) is 13.1 Å². The maximum absolute atomic E-state index is 13.6. The Hall–Kier alpha value is -2.60. The largest absolute Gasteiger partial charge is 0.334 e. The summed E-state index contributed by atoms with van der Waals surface area (Å²) >= 11 is 0. The van der Waals surface area contributed by atoms with E-state index in [1.54, 1.807) is 30.3 Å². The highest BCUT2D eigenvalue weighted by Crippen LogP contribution is 2.20. The summed E-state index contributed by atoms with van der Waals surface area (Å²) in [6.07, 6.45) is 0. The minimum Gasteiger partial charge on any atom is -0.334 e. The van der Waals surface area contributed by atoms with Gasteiger partial charge in [-0.05, 0) is 29.8 Å². The lowest BCUT2D eigenvalue weighted by molar-refractivity contribution is 0.417. The van der Waals surface area contributed by atoms with Crippen LogP contribution in [-0.4, -0.2) is 10.1 Å². The van der Waals surface area contributed by atoms with E-state index in [1.165, 1.54) is 18.2 Å². The van der Waals surface area contributed by atoms with Crippen molar-refractivity contribution >= 4 is 0 Å². The first-order valence-electron chi connectivity index (χ1n) is 6.75. The van der Waals surface area contributed by atoms with E-state index in [-0.39, 0.29) is 17.3 Å². The number of aromatic nitrogens is 2. The van der Waals surface area contributed by atoms with Gasteiger partial charge < -0.3 is 9.84 Å². The number of halogens is 2. The maximum Gasteiger partial charge on any atom is 0.260 e. The highest BCUT2D eigenvalue weighted by atomic mass is 19.1. The first-order valence-corrected chi connectivity index (χ1v) is 6.75. The van der Waals surface area contributed by atoms with Crippen molar-refractivity contribution < 1.29 is 13.3 Å².